The molecule has 1 aromatic heterocycles. The summed E-state index contributed by atoms with van der Waals surface area (Å²) in [6.45, 7) is 3.19. The van der Waals surface area contributed by atoms with Gasteiger partial charge in [-0.3, -0.25) is 4.98 Å². The van der Waals surface area contributed by atoms with Crippen molar-refractivity contribution >= 4 is 0 Å². The summed E-state index contributed by atoms with van der Waals surface area (Å²) in [5, 5.41) is 3.45. The van der Waals surface area contributed by atoms with Crippen molar-refractivity contribution in [3.05, 3.63) is 53.9 Å². The van der Waals surface area contributed by atoms with E-state index < -0.39 is 0 Å². The van der Waals surface area contributed by atoms with E-state index in [0.717, 1.165) is 23.7 Å². The molecular weight excluding hydrogens is 240 g/mol. The van der Waals surface area contributed by atoms with E-state index >= 15 is 0 Å². The van der Waals surface area contributed by atoms with Crippen molar-refractivity contribution in [1.29, 1.82) is 0 Å². The number of fused-ring (bicyclic) bond motifs is 1. The summed E-state index contributed by atoms with van der Waals surface area (Å²) in [6, 6.07) is 12.2. The molecular formula is C15H16N2O2. The second kappa shape index (κ2) is 5.28. The molecule has 1 aromatic carbocycles. The molecule has 19 heavy (non-hydrogen) atoms. The predicted molar refractivity (Wildman–Crippen MR) is 72.1 cm³/mol. The molecule has 0 radical (unpaired) electrons. The molecule has 4 nitrogen and oxygen atoms in total. The Morgan fingerprint density at radius 1 is 1.21 bits per heavy atom. The van der Waals surface area contributed by atoms with Crippen LogP contribution in [0.15, 0.2) is 42.6 Å². The first kappa shape index (κ1) is 12.0. The summed E-state index contributed by atoms with van der Waals surface area (Å²) in [5.41, 5.74) is 2.22. The van der Waals surface area contributed by atoms with Crippen LogP contribution in [0.2, 0.25) is 0 Å². The Labute approximate surface area is 112 Å². The third-order valence-corrected chi connectivity index (χ3v) is 3.18. The highest BCUT2D eigenvalue weighted by Gasteiger charge is 2.13. The standard InChI is InChI=1S/C15H16N2O2/c1-11(13-4-2-3-7-16-13)17-9-12-5-6-14-15(8-12)19-10-18-14/h2-8,11,17H,9-10H2,1H3/t11-/m1/s1. The smallest absolute Gasteiger partial charge is 0.231 e. The van der Waals surface area contributed by atoms with Gasteiger partial charge in [0.25, 0.3) is 0 Å². The van der Waals surface area contributed by atoms with Gasteiger partial charge in [-0.05, 0) is 36.8 Å². The van der Waals surface area contributed by atoms with Crippen molar-refractivity contribution in [3.63, 3.8) is 0 Å². The van der Waals surface area contributed by atoms with Crippen LogP contribution in [0, 0.1) is 0 Å². The number of benzene rings is 1. The molecule has 0 amide bonds. The van der Waals surface area contributed by atoms with Crippen LogP contribution in [0.1, 0.15) is 24.2 Å². The summed E-state index contributed by atoms with van der Waals surface area (Å²) >= 11 is 0. The zero-order valence-corrected chi connectivity index (χ0v) is 10.8. The Morgan fingerprint density at radius 2 is 2.11 bits per heavy atom. The van der Waals surface area contributed by atoms with Gasteiger partial charge in [-0.1, -0.05) is 12.1 Å². The molecule has 3 rings (SSSR count). The Hall–Kier alpha value is -2.07. The minimum absolute atomic E-state index is 0.214. The van der Waals surface area contributed by atoms with Gasteiger partial charge in [0.1, 0.15) is 0 Å². The third kappa shape index (κ3) is 2.69. The molecule has 4 heteroatoms. The van der Waals surface area contributed by atoms with Gasteiger partial charge in [0.2, 0.25) is 6.79 Å². The van der Waals surface area contributed by atoms with Crippen LogP contribution in [0.3, 0.4) is 0 Å². The summed E-state index contributed by atoms with van der Waals surface area (Å²) in [4.78, 5) is 4.34. The highest BCUT2D eigenvalue weighted by molar-refractivity contribution is 5.44. The quantitative estimate of drug-likeness (QED) is 0.913. The number of nitrogens with one attached hydrogen (secondary N) is 1. The second-order valence-corrected chi connectivity index (χ2v) is 4.54. The van der Waals surface area contributed by atoms with Gasteiger partial charge in [0, 0.05) is 18.8 Å². The fourth-order valence-corrected chi connectivity index (χ4v) is 2.06. The van der Waals surface area contributed by atoms with Crippen LogP contribution in [0.5, 0.6) is 11.5 Å². The molecule has 2 heterocycles. The molecule has 0 bridgehead atoms. The minimum atomic E-state index is 0.214. The lowest BCUT2D eigenvalue weighted by Gasteiger charge is -2.13. The number of ether oxygens (including phenoxy) is 2. The number of nitrogens with zero attached hydrogens (tertiary/aromatic N) is 1. The number of pyridine rings is 1. The van der Waals surface area contributed by atoms with Gasteiger partial charge in [-0.15, -0.1) is 0 Å². The Balaban J connectivity index is 1.63. The monoisotopic (exact) mass is 256 g/mol. The fourth-order valence-electron chi connectivity index (χ4n) is 2.06. The van der Waals surface area contributed by atoms with Crippen molar-refractivity contribution in [2.24, 2.45) is 0 Å². The maximum atomic E-state index is 5.37. The maximum absolute atomic E-state index is 5.37. The first-order chi connectivity index (χ1) is 9.33. The molecule has 1 N–H and O–H groups in total. The van der Waals surface area contributed by atoms with Gasteiger partial charge in [0.05, 0.1) is 5.69 Å². The van der Waals surface area contributed by atoms with Crippen LogP contribution in [0.25, 0.3) is 0 Å². The SMILES string of the molecule is C[C@@H](NCc1ccc2c(c1)OCO2)c1ccccn1. The van der Waals surface area contributed by atoms with E-state index in [0.29, 0.717) is 6.79 Å². The number of rotatable bonds is 4. The highest BCUT2D eigenvalue weighted by atomic mass is 16.7. The molecule has 0 saturated carbocycles. The van der Waals surface area contributed by atoms with Crippen molar-refractivity contribution in [2.45, 2.75) is 19.5 Å². The molecule has 0 saturated heterocycles. The molecule has 1 atom stereocenters. The van der Waals surface area contributed by atoms with Crippen LogP contribution in [-0.2, 0) is 6.54 Å². The first-order valence-electron chi connectivity index (χ1n) is 6.36. The number of hydrogen-bond donors (Lipinski definition) is 1. The fraction of sp³-hybridized carbons (Fsp3) is 0.267. The van der Waals surface area contributed by atoms with Crippen LogP contribution in [-0.4, -0.2) is 11.8 Å². The van der Waals surface area contributed by atoms with E-state index in [9.17, 15) is 0 Å². The summed E-state index contributed by atoms with van der Waals surface area (Å²) in [7, 11) is 0. The topological polar surface area (TPSA) is 43.4 Å². The normalized spacial score (nSPS) is 14.4. The average Bonchev–Trinajstić information content (AvgIpc) is 2.93. The van der Waals surface area contributed by atoms with E-state index in [1.54, 1.807) is 0 Å². The Bertz CT molecular complexity index is 557. The van der Waals surface area contributed by atoms with E-state index in [2.05, 4.69) is 17.2 Å². The number of aromatic nitrogens is 1. The molecule has 0 fully saturated rings. The maximum Gasteiger partial charge on any atom is 0.231 e. The molecule has 1 aliphatic heterocycles. The van der Waals surface area contributed by atoms with Crippen molar-refractivity contribution < 1.29 is 9.47 Å². The van der Waals surface area contributed by atoms with Gasteiger partial charge >= 0.3 is 0 Å². The predicted octanol–water partition coefficient (Wildman–Crippen LogP) is 2.66. The van der Waals surface area contributed by atoms with E-state index in [1.165, 1.54) is 5.56 Å². The van der Waals surface area contributed by atoms with Crippen LogP contribution in [0.4, 0.5) is 0 Å². The molecule has 0 spiro atoms. The summed E-state index contributed by atoms with van der Waals surface area (Å²) in [5.74, 6) is 1.64. The van der Waals surface area contributed by atoms with Crippen molar-refractivity contribution in [2.75, 3.05) is 6.79 Å². The molecule has 98 valence electrons. The average molecular weight is 256 g/mol. The zero-order valence-electron chi connectivity index (χ0n) is 10.8. The van der Waals surface area contributed by atoms with Crippen LogP contribution < -0.4 is 14.8 Å². The minimum Gasteiger partial charge on any atom is -0.454 e. The zero-order chi connectivity index (χ0) is 13.1. The molecule has 0 unspecified atom stereocenters. The lowest BCUT2D eigenvalue weighted by atomic mass is 10.1. The van der Waals surface area contributed by atoms with Gasteiger partial charge in [-0.2, -0.15) is 0 Å². The largest absolute Gasteiger partial charge is 0.454 e. The number of hydrogen-bond acceptors (Lipinski definition) is 4. The Morgan fingerprint density at radius 3 is 2.95 bits per heavy atom. The summed E-state index contributed by atoms with van der Waals surface area (Å²) < 4.78 is 10.7. The highest BCUT2D eigenvalue weighted by Crippen LogP contribution is 2.32. The second-order valence-electron chi connectivity index (χ2n) is 4.54. The first-order valence-corrected chi connectivity index (χ1v) is 6.36. The van der Waals surface area contributed by atoms with Crippen molar-refractivity contribution in [1.82, 2.24) is 10.3 Å². The van der Waals surface area contributed by atoms with Crippen molar-refractivity contribution in [3.8, 4) is 11.5 Å². The Kier molecular flexibility index (Phi) is 3.33. The molecule has 1 aliphatic rings. The van der Waals surface area contributed by atoms with Gasteiger partial charge in [0.15, 0.2) is 11.5 Å². The molecule has 0 aliphatic carbocycles. The van der Waals surface area contributed by atoms with Gasteiger partial charge in [-0.25, -0.2) is 0 Å². The van der Waals surface area contributed by atoms with Gasteiger partial charge < -0.3 is 14.8 Å². The summed E-state index contributed by atoms with van der Waals surface area (Å²) in [6.07, 6.45) is 1.81. The van der Waals surface area contributed by atoms with Crippen LogP contribution >= 0.6 is 0 Å². The van der Waals surface area contributed by atoms with E-state index in [1.807, 2.05) is 42.6 Å². The molecule has 2 aromatic rings. The third-order valence-electron chi connectivity index (χ3n) is 3.18. The lowest BCUT2D eigenvalue weighted by molar-refractivity contribution is 0.174. The van der Waals surface area contributed by atoms with E-state index in [-0.39, 0.29) is 6.04 Å². The van der Waals surface area contributed by atoms with E-state index in [4.69, 9.17) is 9.47 Å². The lowest BCUT2D eigenvalue weighted by Crippen LogP contribution is -2.18.